The first-order chi connectivity index (χ1) is 10.5. The predicted molar refractivity (Wildman–Crippen MR) is 79.2 cm³/mol. The molecule has 1 atom stereocenters. The summed E-state index contributed by atoms with van der Waals surface area (Å²) in [4.78, 5) is 24.2. The lowest BCUT2D eigenvalue weighted by Gasteiger charge is -2.33. The molecule has 8 heteroatoms. The molecule has 1 aromatic rings. The highest BCUT2D eigenvalue weighted by molar-refractivity contribution is 5.78. The number of carbonyl (C=O) groups is 1. The van der Waals surface area contributed by atoms with Crippen molar-refractivity contribution in [1.29, 1.82) is 0 Å². The van der Waals surface area contributed by atoms with Gasteiger partial charge in [0.25, 0.3) is 5.91 Å². The SMILES string of the molecule is COc1cc(OCC(=O)N2CCNC[C@@H]2C)ccc1[N+](=O)[O-]. The first kappa shape index (κ1) is 16.0. The largest absolute Gasteiger partial charge is 0.490 e. The number of piperazine rings is 1. The summed E-state index contributed by atoms with van der Waals surface area (Å²) in [7, 11) is 1.35. The highest BCUT2D eigenvalue weighted by atomic mass is 16.6. The molecule has 1 aromatic carbocycles. The molecule has 8 nitrogen and oxygen atoms in total. The van der Waals surface area contributed by atoms with Crippen molar-refractivity contribution < 1.29 is 19.2 Å². The van der Waals surface area contributed by atoms with Crippen molar-refractivity contribution in [3.8, 4) is 11.5 Å². The molecule has 0 aromatic heterocycles. The summed E-state index contributed by atoms with van der Waals surface area (Å²) in [6.45, 7) is 4.04. The lowest BCUT2D eigenvalue weighted by Crippen LogP contribution is -2.53. The summed E-state index contributed by atoms with van der Waals surface area (Å²) in [6, 6.07) is 4.28. The molecule has 0 spiro atoms. The van der Waals surface area contributed by atoms with Gasteiger partial charge < -0.3 is 19.7 Å². The molecule has 120 valence electrons. The fourth-order valence-electron chi connectivity index (χ4n) is 2.34. The average molecular weight is 309 g/mol. The maximum absolute atomic E-state index is 12.1. The Labute approximate surface area is 128 Å². The first-order valence-electron chi connectivity index (χ1n) is 6.98. The predicted octanol–water partition coefficient (Wildman–Crippen LogP) is 0.803. The zero-order chi connectivity index (χ0) is 16.1. The van der Waals surface area contributed by atoms with E-state index in [9.17, 15) is 14.9 Å². The summed E-state index contributed by atoms with van der Waals surface area (Å²) in [6.07, 6.45) is 0. The van der Waals surface area contributed by atoms with Gasteiger partial charge in [0.2, 0.25) is 5.75 Å². The van der Waals surface area contributed by atoms with Gasteiger partial charge in [-0.2, -0.15) is 0 Å². The highest BCUT2D eigenvalue weighted by Crippen LogP contribution is 2.30. The second kappa shape index (κ2) is 7.08. The van der Waals surface area contributed by atoms with E-state index in [0.29, 0.717) is 12.3 Å². The van der Waals surface area contributed by atoms with E-state index in [0.717, 1.165) is 13.1 Å². The standard InChI is InChI=1S/C14H19N3O5/c1-10-8-15-5-6-16(10)14(18)9-22-11-3-4-12(17(19)20)13(7-11)21-2/h3-4,7,10,15H,5-6,8-9H2,1-2H3/t10-/m0/s1. The van der Waals surface area contributed by atoms with Gasteiger partial charge in [-0.1, -0.05) is 0 Å². The van der Waals surface area contributed by atoms with Crippen LogP contribution in [-0.4, -0.2) is 55.1 Å². The van der Waals surface area contributed by atoms with Crippen LogP contribution in [-0.2, 0) is 4.79 Å². The number of amides is 1. The molecular weight excluding hydrogens is 290 g/mol. The van der Waals surface area contributed by atoms with Crippen LogP contribution in [0.25, 0.3) is 0 Å². The van der Waals surface area contributed by atoms with Gasteiger partial charge in [-0.25, -0.2) is 0 Å². The number of nitro groups is 1. The zero-order valence-corrected chi connectivity index (χ0v) is 12.6. The van der Waals surface area contributed by atoms with Crippen molar-refractivity contribution in [3.63, 3.8) is 0 Å². The Bertz CT molecular complexity index is 563. The van der Waals surface area contributed by atoms with Crippen molar-refractivity contribution in [2.75, 3.05) is 33.4 Å². The Hall–Kier alpha value is -2.35. The Balaban J connectivity index is 1.99. The summed E-state index contributed by atoms with van der Waals surface area (Å²) < 4.78 is 10.4. The molecule has 1 fully saturated rings. The van der Waals surface area contributed by atoms with Crippen LogP contribution in [0, 0.1) is 10.1 Å². The lowest BCUT2D eigenvalue weighted by molar-refractivity contribution is -0.385. The lowest BCUT2D eigenvalue weighted by atomic mass is 10.2. The van der Waals surface area contributed by atoms with E-state index in [4.69, 9.17) is 9.47 Å². The van der Waals surface area contributed by atoms with E-state index in [-0.39, 0.29) is 30.0 Å². The van der Waals surface area contributed by atoms with Crippen LogP contribution in [0.15, 0.2) is 18.2 Å². The minimum atomic E-state index is -0.532. The van der Waals surface area contributed by atoms with E-state index in [2.05, 4.69) is 5.32 Å². The molecule has 1 heterocycles. The number of hydrogen-bond donors (Lipinski definition) is 1. The third-order valence-corrected chi connectivity index (χ3v) is 3.53. The van der Waals surface area contributed by atoms with Gasteiger partial charge in [0.1, 0.15) is 5.75 Å². The van der Waals surface area contributed by atoms with E-state index in [1.807, 2.05) is 6.92 Å². The molecule has 1 aliphatic heterocycles. The highest BCUT2D eigenvalue weighted by Gasteiger charge is 2.23. The number of hydrogen-bond acceptors (Lipinski definition) is 6. The summed E-state index contributed by atoms with van der Waals surface area (Å²) in [5, 5.41) is 14.0. The minimum Gasteiger partial charge on any atom is -0.490 e. The second-order valence-electron chi connectivity index (χ2n) is 5.02. The number of rotatable bonds is 5. The van der Waals surface area contributed by atoms with E-state index in [1.165, 1.54) is 25.3 Å². The third kappa shape index (κ3) is 3.64. The molecule has 22 heavy (non-hydrogen) atoms. The van der Waals surface area contributed by atoms with Crippen LogP contribution < -0.4 is 14.8 Å². The minimum absolute atomic E-state index is 0.102. The van der Waals surface area contributed by atoms with Crippen molar-refractivity contribution in [2.45, 2.75) is 13.0 Å². The zero-order valence-electron chi connectivity index (χ0n) is 12.6. The molecule has 1 N–H and O–H groups in total. The fourth-order valence-corrected chi connectivity index (χ4v) is 2.34. The van der Waals surface area contributed by atoms with Crippen LogP contribution in [0.2, 0.25) is 0 Å². The fraction of sp³-hybridized carbons (Fsp3) is 0.500. The third-order valence-electron chi connectivity index (χ3n) is 3.53. The van der Waals surface area contributed by atoms with E-state index >= 15 is 0 Å². The summed E-state index contributed by atoms with van der Waals surface area (Å²) >= 11 is 0. The molecule has 0 saturated carbocycles. The van der Waals surface area contributed by atoms with Gasteiger partial charge in [-0.3, -0.25) is 14.9 Å². The quantitative estimate of drug-likeness (QED) is 0.639. The van der Waals surface area contributed by atoms with Gasteiger partial charge in [0, 0.05) is 37.8 Å². The van der Waals surface area contributed by atoms with Gasteiger partial charge in [-0.15, -0.1) is 0 Å². The Kier molecular flexibility index (Phi) is 5.16. The Morgan fingerprint density at radius 3 is 2.95 bits per heavy atom. The number of nitrogens with one attached hydrogen (secondary N) is 1. The second-order valence-corrected chi connectivity index (χ2v) is 5.02. The van der Waals surface area contributed by atoms with Gasteiger partial charge in [0.05, 0.1) is 12.0 Å². The molecule has 1 saturated heterocycles. The smallest absolute Gasteiger partial charge is 0.311 e. The number of carbonyl (C=O) groups excluding carboxylic acids is 1. The van der Waals surface area contributed by atoms with Crippen LogP contribution in [0.5, 0.6) is 11.5 Å². The van der Waals surface area contributed by atoms with Crippen LogP contribution in [0.3, 0.4) is 0 Å². The molecule has 2 rings (SSSR count). The maximum atomic E-state index is 12.1. The normalized spacial score (nSPS) is 17.9. The maximum Gasteiger partial charge on any atom is 0.311 e. The number of nitro benzene ring substituents is 1. The van der Waals surface area contributed by atoms with E-state index in [1.54, 1.807) is 4.90 Å². The molecular formula is C14H19N3O5. The monoisotopic (exact) mass is 309 g/mol. The number of nitrogens with zero attached hydrogens (tertiary/aromatic N) is 2. The van der Waals surface area contributed by atoms with E-state index < -0.39 is 4.92 Å². The van der Waals surface area contributed by atoms with Crippen LogP contribution in [0.4, 0.5) is 5.69 Å². The van der Waals surface area contributed by atoms with Crippen molar-refractivity contribution in [3.05, 3.63) is 28.3 Å². The molecule has 0 bridgehead atoms. The van der Waals surface area contributed by atoms with Gasteiger partial charge >= 0.3 is 5.69 Å². The number of ether oxygens (including phenoxy) is 2. The summed E-state index contributed by atoms with van der Waals surface area (Å²) in [5.41, 5.74) is -0.142. The number of benzene rings is 1. The Morgan fingerprint density at radius 2 is 2.32 bits per heavy atom. The summed E-state index contributed by atoms with van der Waals surface area (Å²) in [5.74, 6) is 0.357. The van der Waals surface area contributed by atoms with Crippen LogP contribution >= 0.6 is 0 Å². The Morgan fingerprint density at radius 1 is 1.55 bits per heavy atom. The molecule has 0 aliphatic carbocycles. The van der Waals surface area contributed by atoms with Crippen molar-refractivity contribution in [1.82, 2.24) is 10.2 Å². The topological polar surface area (TPSA) is 93.9 Å². The van der Waals surface area contributed by atoms with Crippen molar-refractivity contribution in [2.24, 2.45) is 0 Å². The van der Waals surface area contributed by atoms with Gasteiger partial charge in [-0.05, 0) is 13.0 Å². The molecule has 0 radical (unpaired) electrons. The van der Waals surface area contributed by atoms with Crippen molar-refractivity contribution >= 4 is 11.6 Å². The molecule has 0 unspecified atom stereocenters. The molecule has 1 amide bonds. The number of methoxy groups -OCH3 is 1. The average Bonchev–Trinajstić information content (AvgIpc) is 2.52. The first-order valence-corrected chi connectivity index (χ1v) is 6.98. The van der Waals surface area contributed by atoms with Gasteiger partial charge in [0.15, 0.2) is 6.61 Å². The van der Waals surface area contributed by atoms with Crippen LogP contribution in [0.1, 0.15) is 6.92 Å². The molecule has 1 aliphatic rings.